The fourth-order valence-corrected chi connectivity index (χ4v) is 4.95. The van der Waals surface area contributed by atoms with E-state index in [-0.39, 0.29) is 23.7 Å². The molecule has 2 aromatic rings. The molecule has 0 bridgehead atoms. The SMILES string of the molecule is COc1ccc(CC(NC(=O)NCCc2cnc[nH]2)C(=O)N2CC[C@H]2C(=O)C2CCCCC2)cc1. The van der Waals surface area contributed by atoms with Gasteiger partial charge in [-0.05, 0) is 37.0 Å². The Labute approximate surface area is 206 Å². The number of ketones is 1. The van der Waals surface area contributed by atoms with E-state index in [1.165, 1.54) is 6.42 Å². The largest absolute Gasteiger partial charge is 0.497 e. The van der Waals surface area contributed by atoms with Gasteiger partial charge in [0.05, 0.1) is 19.5 Å². The summed E-state index contributed by atoms with van der Waals surface area (Å²) in [7, 11) is 1.60. The lowest BCUT2D eigenvalue weighted by molar-refractivity contribution is -0.149. The van der Waals surface area contributed by atoms with Crippen molar-refractivity contribution in [2.75, 3.05) is 20.2 Å². The van der Waals surface area contributed by atoms with Crippen LogP contribution >= 0.6 is 0 Å². The number of ether oxygens (including phenoxy) is 1. The summed E-state index contributed by atoms with van der Waals surface area (Å²) in [5, 5.41) is 5.67. The molecule has 2 heterocycles. The molecule has 3 N–H and O–H groups in total. The smallest absolute Gasteiger partial charge is 0.315 e. The van der Waals surface area contributed by atoms with E-state index in [1.54, 1.807) is 24.5 Å². The van der Waals surface area contributed by atoms with Gasteiger partial charge in [-0.15, -0.1) is 0 Å². The predicted octanol–water partition coefficient (Wildman–Crippen LogP) is 2.62. The van der Waals surface area contributed by atoms with Crippen LogP contribution in [0.25, 0.3) is 0 Å². The molecule has 1 saturated heterocycles. The van der Waals surface area contributed by atoms with Crippen LogP contribution in [0.4, 0.5) is 4.79 Å². The third-order valence-corrected chi connectivity index (χ3v) is 7.08. The van der Waals surface area contributed by atoms with E-state index in [9.17, 15) is 14.4 Å². The number of nitrogens with one attached hydrogen (secondary N) is 3. The van der Waals surface area contributed by atoms with Crippen LogP contribution in [0.3, 0.4) is 0 Å². The van der Waals surface area contributed by atoms with Gasteiger partial charge in [0, 0.05) is 43.7 Å². The quantitative estimate of drug-likeness (QED) is 0.482. The number of methoxy groups -OCH3 is 1. The third-order valence-electron chi connectivity index (χ3n) is 7.08. The molecule has 1 unspecified atom stereocenters. The van der Waals surface area contributed by atoms with E-state index in [0.717, 1.165) is 42.7 Å². The number of carbonyl (C=O) groups is 3. The van der Waals surface area contributed by atoms with Crippen LogP contribution in [0.1, 0.15) is 49.8 Å². The number of likely N-dealkylation sites (tertiary alicyclic amines) is 1. The lowest BCUT2D eigenvalue weighted by Gasteiger charge is -2.43. The van der Waals surface area contributed by atoms with Gasteiger partial charge in [0.15, 0.2) is 5.78 Å². The van der Waals surface area contributed by atoms with Crippen molar-refractivity contribution in [2.24, 2.45) is 5.92 Å². The molecule has 2 atom stereocenters. The predicted molar refractivity (Wildman–Crippen MR) is 131 cm³/mol. The summed E-state index contributed by atoms with van der Waals surface area (Å²) in [6.07, 6.45) is 10.1. The Hall–Kier alpha value is -3.36. The first-order valence-corrected chi connectivity index (χ1v) is 12.5. The van der Waals surface area contributed by atoms with Crippen molar-refractivity contribution in [3.8, 4) is 5.75 Å². The lowest BCUT2D eigenvalue weighted by Crippen LogP contribution is -2.62. The molecule has 3 amide bonds. The summed E-state index contributed by atoms with van der Waals surface area (Å²) in [6.45, 7) is 0.953. The van der Waals surface area contributed by atoms with Crippen molar-refractivity contribution < 1.29 is 19.1 Å². The van der Waals surface area contributed by atoms with E-state index in [0.29, 0.717) is 32.4 Å². The molecule has 1 aliphatic carbocycles. The molecule has 1 saturated carbocycles. The molecule has 1 aliphatic heterocycles. The summed E-state index contributed by atoms with van der Waals surface area (Å²) in [4.78, 5) is 47.9. The Morgan fingerprint density at radius 2 is 1.91 bits per heavy atom. The van der Waals surface area contributed by atoms with Crippen molar-refractivity contribution in [3.63, 3.8) is 0 Å². The van der Waals surface area contributed by atoms with Gasteiger partial charge in [0.25, 0.3) is 0 Å². The molecule has 1 aromatic heterocycles. The summed E-state index contributed by atoms with van der Waals surface area (Å²) in [5.74, 6) is 0.770. The molecule has 1 aromatic carbocycles. The average molecular weight is 482 g/mol. The number of nitrogens with zero attached hydrogens (tertiary/aromatic N) is 2. The Morgan fingerprint density at radius 3 is 2.54 bits per heavy atom. The highest BCUT2D eigenvalue weighted by Gasteiger charge is 2.42. The zero-order chi connectivity index (χ0) is 24.6. The van der Waals surface area contributed by atoms with Crippen LogP contribution in [-0.2, 0) is 22.4 Å². The first kappa shape index (κ1) is 24.8. The average Bonchev–Trinajstić information content (AvgIpc) is 3.37. The van der Waals surface area contributed by atoms with Gasteiger partial charge in [-0.3, -0.25) is 9.59 Å². The zero-order valence-electron chi connectivity index (χ0n) is 20.3. The Morgan fingerprint density at radius 1 is 1.14 bits per heavy atom. The number of carbonyl (C=O) groups excluding carboxylic acids is 3. The maximum absolute atomic E-state index is 13.5. The van der Waals surface area contributed by atoms with Gasteiger partial charge >= 0.3 is 6.03 Å². The number of imidazole rings is 1. The van der Waals surface area contributed by atoms with E-state index in [4.69, 9.17) is 4.74 Å². The number of amides is 3. The minimum absolute atomic E-state index is 0.0585. The van der Waals surface area contributed by atoms with Crippen molar-refractivity contribution in [3.05, 3.63) is 48.0 Å². The van der Waals surface area contributed by atoms with Gasteiger partial charge < -0.3 is 25.3 Å². The van der Waals surface area contributed by atoms with Crippen molar-refractivity contribution in [1.82, 2.24) is 25.5 Å². The minimum atomic E-state index is -0.766. The highest BCUT2D eigenvalue weighted by Crippen LogP contribution is 2.30. The van der Waals surface area contributed by atoms with Crippen LogP contribution in [0, 0.1) is 5.92 Å². The molecule has 2 fully saturated rings. The van der Waals surface area contributed by atoms with Gasteiger partial charge in [-0.2, -0.15) is 0 Å². The molecule has 35 heavy (non-hydrogen) atoms. The summed E-state index contributed by atoms with van der Waals surface area (Å²) < 4.78 is 5.22. The van der Waals surface area contributed by atoms with Gasteiger partial charge in [0.2, 0.25) is 5.91 Å². The highest BCUT2D eigenvalue weighted by molar-refractivity contribution is 5.95. The number of hydrogen-bond acceptors (Lipinski definition) is 5. The monoisotopic (exact) mass is 481 g/mol. The molecular weight excluding hydrogens is 446 g/mol. The standard InChI is InChI=1S/C26H35N5O4/c1-35-21-9-7-18(8-10-21)15-22(30-26(34)28-13-11-20-16-27-17-29-20)25(33)31-14-12-23(31)24(32)19-5-3-2-4-6-19/h7-10,16-17,19,22-23H,2-6,11-15H2,1H3,(H,27,29)(H2,28,30,34)/t22?,23-/m0/s1. The normalized spacial score (nSPS) is 18.9. The zero-order valence-corrected chi connectivity index (χ0v) is 20.3. The summed E-state index contributed by atoms with van der Waals surface area (Å²) >= 11 is 0. The number of H-pyrrole nitrogens is 1. The number of aromatic nitrogens is 2. The summed E-state index contributed by atoms with van der Waals surface area (Å²) in [6, 6.07) is 5.90. The van der Waals surface area contributed by atoms with Crippen molar-refractivity contribution in [2.45, 2.75) is 63.5 Å². The number of aromatic amines is 1. The first-order valence-electron chi connectivity index (χ1n) is 12.5. The van der Waals surface area contributed by atoms with Gasteiger partial charge in [-0.25, -0.2) is 9.78 Å². The number of rotatable bonds is 10. The fourth-order valence-electron chi connectivity index (χ4n) is 4.95. The number of benzene rings is 1. The second-order valence-corrected chi connectivity index (χ2v) is 9.41. The Kier molecular flexibility index (Phi) is 8.39. The molecule has 9 nitrogen and oxygen atoms in total. The van der Waals surface area contributed by atoms with Crippen LogP contribution in [0.2, 0.25) is 0 Å². The van der Waals surface area contributed by atoms with Gasteiger partial charge in [-0.1, -0.05) is 31.4 Å². The molecule has 188 valence electrons. The minimum Gasteiger partial charge on any atom is -0.497 e. The summed E-state index contributed by atoms with van der Waals surface area (Å²) in [5.41, 5.74) is 1.82. The lowest BCUT2D eigenvalue weighted by atomic mass is 9.80. The number of Topliss-reactive ketones (excluding diaryl/α,β-unsaturated/α-hetero) is 1. The second kappa shape index (κ2) is 11.9. The van der Waals surface area contributed by atoms with E-state index >= 15 is 0 Å². The Bertz CT molecular complexity index is 986. The molecule has 4 rings (SSSR count). The maximum atomic E-state index is 13.5. The van der Waals surface area contributed by atoms with Crippen LogP contribution < -0.4 is 15.4 Å². The highest BCUT2D eigenvalue weighted by atomic mass is 16.5. The number of urea groups is 1. The second-order valence-electron chi connectivity index (χ2n) is 9.41. The maximum Gasteiger partial charge on any atom is 0.315 e. The third kappa shape index (κ3) is 6.41. The molecule has 2 aliphatic rings. The molecular formula is C26H35N5O4. The molecule has 0 radical (unpaired) electrons. The molecule has 9 heteroatoms. The van der Waals surface area contributed by atoms with Gasteiger partial charge in [0.1, 0.15) is 11.8 Å². The Balaban J connectivity index is 1.40. The van der Waals surface area contributed by atoms with Crippen molar-refractivity contribution in [1.29, 1.82) is 0 Å². The number of hydrogen-bond donors (Lipinski definition) is 3. The topological polar surface area (TPSA) is 116 Å². The van der Waals surface area contributed by atoms with Crippen molar-refractivity contribution >= 4 is 17.7 Å². The van der Waals surface area contributed by atoms with E-state index in [2.05, 4.69) is 20.6 Å². The van der Waals surface area contributed by atoms with Crippen LogP contribution in [0.15, 0.2) is 36.8 Å². The van der Waals surface area contributed by atoms with E-state index in [1.807, 2.05) is 24.3 Å². The molecule has 0 spiro atoms. The first-order chi connectivity index (χ1) is 17.0. The fraction of sp³-hybridized carbons (Fsp3) is 0.538. The van der Waals surface area contributed by atoms with Crippen LogP contribution in [0.5, 0.6) is 5.75 Å². The van der Waals surface area contributed by atoms with Crippen LogP contribution in [-0.4, -0.2) is 64.9 Å². The van der Waals surface area contributed by atoms with E-state index < -0.39 is 12.1 Å².